The lowest BCUT2D eigenvalue weighted by Gasteiger charge is -2.22. The van der Waals surface area contributed by atoms with Gasteiger partial charge in [0.25, 0.3) is 17.4 Å². The largest absolute Gasteiger partial charge is 0.325 e. The number of aryl methyl sites for hydroxylation is 1. The van der Waals surface area contributed by atoms with Crippen LogP contribution in [-0.4, -0.2) is 39.0 Å². The Morgan fingerprint density at radius 1 is 1.12 bits per heavy atom. The lowest BCUT2D eigenvalue weighted by molar-refractivity contribution is -0.133. The second kappa shape index (κ2) is 7.52. The summed E-state index contributed by atoms with van der Waals surface area (Å²) in [5, 5.41) is 6.76. The second-order valence-electron chi connectivity index (χ2n) is 7.98. The molecule has 166 valence electrons. The summed E-state index contributed by atoms with van der Waals surface area (Å²) in [6, 6.07) is 14.2. The molecule has 1 aliphatic rings. The number of urea groups is 1. The van der Waals surface area contributed by atoms with Crippen molar-refractivity contribution in [3.8, 4) is 0 Å². The molecule has 1 unspecified atom stereocenters. The zero-order valence-corrected chi connectivity index (χ0v) is 18.6. The average Bonchev–Trinajstić information content (AvgIpc) is 3.35. The van der Waals surface area contributed by atoms with E-state index in [0.29, 0.717) is 21.6 Å². The van der Waals surface area contributed by atoms with Crippen LogP contribution in [0.25, 0.3) is 21.0 Å². The molecule has 2 aromatic carbocycles. The topological polar surface area (TPSA) is 113 Å². The van der Waals surface area contributed by atoms with Crippen LogP contribution in [0.15, 0.2) is 58.7 Å². The third kappa shape index (κ3) is 3.35. The molecule has 0 bridgehead atoms. The van der Waals surface area contributed by atoms with Crippen molar-refractivity contribution in [2.75, 3.05) is 12.0 Å². The molecule has 1 fully saturated rings. The summed E-state index contributed by atoms with van der Waals surface area (Å²) in [6.45, 7) is 2.66. The normalized spacial score (nSPS) is 18.2. The zero-order valence-electron chi connectivity index (χ0n) is 17.8. The van der Waals surface area contributed by atoms with Gasteiger partial charge in [0.1, 0.15) is 22.7 Å². The monoisotopic (exact) mass is 461 g/mol. The molecule has 0 saturated carbocycles. The Morgan fingerprint density at radius 2 is 1.88 bits per heavy atom. The molecule has 2 N–H and O–H groups in total. The van der Waals surface area contributed by atoms with Crippen molar-refractivity contribution in [2.24, 2.45) is 0 Å². The summed E-state index contributed by atoms with van der Waals surface area (Å²) in [5.74, 6) is -0.947. The fraction of sp³-hybridized carbons (Fsp3) is 0.174. The summed E-state index contributed by atoms with van der Waals surface area (Å²) in [7, 11) is 0. The number of rotatable bonds is 4. The van der Waals surface area contributed by atoms with Gasteiger partial charge in [0, 0.05) is 0 Å². The number of thiophene rings is 1. The van der Waals surface area contributed by atoms with Crippen LogP contribution in [0, 0.1) is 6.92 Å². The minimum absolute atomic E-state index is 0.293. The first-order chi connectivity index (χ1) is 15.8. The van der Waals surface area contributed by atoms with Gasteiger partial charge in [-0.3, -0.25) is 24.7 Å². The third-order valence-corrected chi connectivity index (χ3v) is 6.61. The van der Waals surface area contributed by atoms with Gasteiger partial charge in [-0.2, -0.15) is 0 Å². The van der Waals surface area contributed by atoms with E-state index in [2.05, 4.69) is 15.7 Å². The summed E-state index contributed by atoms with van der Waals surface area (Å²) in [6.07, 6.45) is 0. The Hall–Kier alpha value is -4.05. The van der Waals surface area contributed by atoms with Gasteiger partial charge in [0.15, 0.2) is 0 Å². The van der Waals surface area contributed by atoms with Crippen molar-refractivity contribution in [1.29, 1.82) is 0 Å². The maximum atomic E-state index is 13.2. The highest BCUT2D eigenvalue weighted by Gasteiger charge is 2.49. The first kappa shape index (κ1) is 20.8. The fourth-order valence-corrected chi connectivity index (χ4v) is 4.79. The minimum Gasteiger partial charge on any atom is -0.319 e. The standard InChI is InChI=1S/C23H19N5O4S/c1-13-24-19-17(9-10-33-19)20(30)28(13)26-18(29)12-27-21(31)23(2,25-22(27)32)16-8-7-14-5-3-4-6-15(14)11-16/h3-11H,12H2,1-2H3,(H,25,32)(H,26,29). The van der Waals surface area contributed by atoms with Gasteiger partial charge in [-0.1, -0.05) is 36.4 Å². The van der Waals surface area contributed by atoms with Crippen molar-refractivity contribution in [2.45, 2.75) is 19.4 Å². The van der Waals surface area contributed by atoms with Crippen molar-refractivity contribution in [3.05, 3.63) is 75.7 Å². The molecule has 0 aliphatic carbocycles. The van der Waals surface area contributed by atoms with Gasteiger partial charge in [-0.05, 0) is 47.7 Å². The van der Waals surface area contributed by atoms with E-state index in [0.717, 1.165) is 20.3 Å². The summed E-state index contributed by atoms with van der Waals surface area (Å²) >= 11 is 1.33. The van der Waals surface area contributed by atoms with Crippen LogP contribution in [-0.2, 0) is 15.1 Å². The van der Waals surface area contributed by atoms with E-state index in [4.69, 9.17) is 0 Å². The van der Waals surface area contributed by atoms with Crippen LogP contribution in [0.1, 0.15) is 18.3 Å². The highest BCUT2D eigenvalue weighted by molar-refractivity contribution is 7.16. The smallest absolute Gasteiger partial charge is 0.319 e. The Labute approximate surface area is 191 Å². The van der Waals surface area contributed by atoms with E-state index >= 15 is 0 Å². The first-order valence-electron chi connectivity index (χ1n) is 10.2. The molecule has 3 heterocycles. The number of carbonyl (C=O) groups excluding carboxylic acids is 3. The summed E-state index contributed by atoms with van der Waals surface area (Å²) in [5.41, 5.74) is 1.33. The number of nitrogens with one attached hydrogen (secondary N) is 2. The number of nitrogens with zero attached hydrogens (tertiary/aromatic N) is 3. The molecule has 0 radical (unpaired) electrons. The number of benzene rings is 2. The minimum atomic E-state index is -1.31. The highest BCUT2D eigenvalue weighted by Crippen LogP contribution is 2.31. The maximum Gasteiger partial charge on any atom is 0.325 e. The van der Waals surface area contributed by atoms with Crippen LogP contribution in [0.2, 0.25) is 0 Å². The first-order valence-corrected chi connectivity index (χ1v) is 11.1. The number of aromatic nitrogens is 2. The lowest BCUT2D eigenvalue weighted by atomic mass is 9.90. The van der Waals surface area contributed by atoms with Gasteiger partial charge in [-0.25, -0.2) is 14.5 Å². The molecule has 1 aliphatic heterocycles. The molecular weight excluding hydrogens is 442 g/mol. The quantitative estimate of drug-likeness (QED) is 0.453. The van der Waals surface area contributed by atoms with E-state index in [1.165, 1.54) is 11.3 Å². The van der Waals surface area contributed by atoms with Crippen LogP contribution in [0.3, 0.4) is 0 Å². The van der Waals surface area contributed by atoms with Gasteiger partial charge in [0.05, 0.1) is 5.39 Å². The molecule has 5 rings (SSSR count). The van der Waals surface area contributed by atoms with E-state index in [1.807, 2.05) is 36.4 Å². The zero-order chi connectivity index (χ0) is 23.3. The number of hydrogen-bond acceptors (Lipinski definition) is 6. The Balaban J connectivity index is 1.39. The van der Waals surface area contributed by atoms with Gasteiger partial charge in [-0.15, -0.1) is 11.3 Å². The molecule has 1 atom stereocenters. The third-order valence-electron chi connectivity index (χ3n) is 5.81. The number of fused-ring (bicyclic) bond motifs is 2. The van der Waals surface area contributed by atoms with Crippen LogP contribution < -0.4 is 16.3 Å². The molecule has 4 aromatic rings. The predicted molar refractivity (Wildman–Crippen MR) is 125 cm³/mol. The molecule has 0 spiro atoms. The molecule has 2 aromatic heterocycles. The maximum absolute atomic E-state index is 13.2. The average molecular weight is 462 g/mol. The second-order valence-corrected chi connectivity index (χ2v) is 8.88. The van der Waals surface area contributed by atoms with Crippen molar-refractivity contribution >= 4 is 50.2 Å². The van der Waals surface area contributed by atoms with Crippen LogP contribution in [0.5, 0.6) is 0 Å². The van der Waals surface area contributed by atoms with E-state index in [-0.39, 0.29) is 0 Å². The Morgan fingerprint density at radius 3 is 2.67 bits per heavy atom. The van der Waals surface area contributed by atoms with Crippen molar-refractivity contribution < 1.29 is 14.4 Å². The molecule has 33 heavy (non-hydrogen) atoms. The van der Waals surface area contributed by atoms with Crippen molar-refractivity contribution in [1.82, 2.24) is 19.9 Å². The number of carbonyl (C=O) groups is 3. The summed E-state index contributed by atoms with van der Waals surface area (Å²) < 4.78 is 1.03. The number of amides is 4. The highest BCUT2D eigenvalue weighted by atomic mass is 32.1. The fourth-order valence-electron chi connectivity index (χ4n) is 3.99. The predicted octanol–water partition coefficient (Wildman–Crippen LogP) is 2.46. The molecule has 10 heteroatoms. The van der Waals surface area contributed by atoms with E-state index in [9.17, 15) is 19.2 Å². The van der Waals surface area contributed by atoms with Crippen LogP contribution in [0.4, 0.5) is 4.79 Å². The van der Waals surface area contributed by atoms with E-state index < -0.39 is 35.5 Å². The molecule has 1 saturated heterocycles. The number of hydrogen-bond donors (Lipinski definition) is 2. The molecule has 4 amide bonds. The molecule has 9 nitrogen and oxygen atoms in total. The van der Waals surface area contributed by atoms with Crippen LogP contribution >= 0.6 is 11.3 Å². The van der Waals surface area contributed by atoms with Crippen molar-refractivity contribution in [3.63, 3.8) is 0 Å². The SMILES string of the molecule is Cc1nc2sccc2c(=O)n1NC(=O)CN1C(=O)NC(C)(c2ccc3ccccc3c2)C1=O. The van der Waals surface area contributed by atoms with E-state index in [1.54, 1.807) is 31.4 Å². The Kier molecular flexibility index (Phi) is 4.75. The van der Waals surface area contributed by atoms with Gasteiger partial charge >= 0.3 is 6.03 Å². The van der Waals surface area contributed by atoms with Gasteiger partial charge < -0.3 is 5.32 Å². The van der Waals surface area contributed by atoms with Gasteiger partial charge in [0.2, 0.25) is 0 Å². The lowest BCUT2D eigenvalue weighted by Crippen LogP contribution is -2.44. The molecular formula is C23H19N5O4S. The Bertz CT molecular complexity index is 1520. The number of imide groups is 1. The summed E-state index contributed by atoms with van der Waals surface area (Å²) in [4.78, 5) is 56.9.